The Balaban J connectivity index is 1.75. The van der Waals surface area contributed by atoms with Crippen molar-refractivity contribution in [2.24, 2.45) is 0 Å². The lowest BCUT2D eigenvalue weighted by atomic mass is 10.2. The zero-order chi connectivity index (χ0) is 9.80. The molecule has 4 nitrogen and oxygen atoms in total. The predicted molar refractivity (Wildman–Crippen MR) is 56.5 cm³/mol. The molecule has 2 aliphatic rings. The number of carbonyl (C=O) groups excluding carboxylic acids is 1. The van der Waals surface area contributed by atoms with Gasteiger partial charge in [0.25, 0.3) is 5.91 Å². The molecule has 0 bridgehead atoms. The summed E-state index contributed by atoms with van der Waals surface area (Å²) in [4.78, 5) is 11.7. The van der Waals surface area contributed by atoms with Crippen molar-refractivity contribution >= 4 is 17.7 Å². The lowest BCUT2D eigenvalue weighted by Crippen LogP contribution is -2.50. The van der Waals surface area contributed by atoms with E-state index in [1.807, 2.05) is 11.8 Å². The quantitative estimate of drug-likeness (QED) is 0.659. The van der Waals surface area contributed by atoms with Crippen molar-refractivity contribution < 1.29 is 9.53 Å². The highest BCUT2D eigenvalue weighted by Crippen LogP contribution is 2.17. The van der Waals surface area contributed by atoms with Gasteiger partial charge < -0.3 is 15.4 Å². The average molecular weight is 216 g/mol. The molecule has 2 aliphatic heterocycles. The molecule has 0 aromatic carbocycles. The molecular formula is C9H16N2O2S. The third kappa shape index (κ3) is 2.62. The van der Waals surface area contributed by atoms with Crippen molar-refractivity contribution in [1.82, 2.24) is 10.6 Å². The smallest absolute Gasteiger partial charge is 0.250 e. The Morgan fingerprint density at radius 1 is 1.57 bits per heavy atom. The molecule has 0 spiro atoms. The normalized spacial score (nSPS) is 32.9. The number of thioether (sulfide) groups is 1. The first-order valence-corrected chi connectivity index (χ1v) is 6.22. The van der Waals surface area contributed by atoms with Crippen LogP contribution >= 0.6 is 11.8 Å². The van der Waals surface area contributed by atoms with Crippen LogP contribution in [0.2, 0.25) is 0 Å². The molecule has 5 heteroatoms. The molecule has 0 aromatic rings. The van der Waals surface area contributed by atoms with E-state index in [-0.39, 0.29) is 12.0 Å². The van der Waals surface area contributed by atoms with E-state index in [1.165, 1.54) is 0 Å². The zero-order valence-electron chi connectivity index (χ0n) is 8.12. The molecule has 0 aliphatic carbocycles. The number of ether oxygens (including phenoxy) is 1. The van der Waals surface area contributed by atoms with Gasteiger partial charge in [0, 0.05) is 24.9 Å². The maximum Gasteiger partial charge on any atom is 0.250 e. The summed E-state index contributed by atoms with van der Waals surface area (Å²) in [7, 11) is 0. The lowest BCUT2D eigenvalue weighted by molar-refractivity contribution is -0.134. The van der Waals surface area contributed by atoms with Crippen molar-refractivity contribution in [1.29, 1.82) is 0 Å². The van der Waals surface area contributed by atoms with Crippen LogP contribution in [-0.2, 0) is 9.53 Å². The third-order valence-electron chi connectivity index (χ3n) is 2.50. The highest BCUT2D eigenvalue weighted by Gasteiger charge is 2.25. The number of rotatable bonds is 2. The number of morpholine rings is 1. The number of hydrogen-bond donors (Lipinski definition) is 2. The van der Waals surface area contributed by atoms with E-state index in [1.54, 1.807) is 0 Å². The molecule has 0 saturated carbocycles. The van der Waals surface area contributed by atoms with Crippen LogP contribution in [0, 0.1) is 0 Å². The van der Waals surface area contributed by atoms with Crippen molar-refractivity contribution in [3.05, 3.63) is 0 Å². The lowest BCUT2D eigenvalue weighted by Gasteiger charge is -2.24. The standard InChI is InChI=1S/C9H16N2O2S/c12-9(8-5-10-2-3-13-8)11-7-1-4-14-6-7/h7-8,10H,1-6H2,(H,11,12). The van der Waals surface area contributed by atoms with Gasteiger partial charge in [-0.15, -0.1) is 0 Å². The molecule has 1 amide bonds. The van der Waals surface area contributed by atoms with Gasteiger partial charge in [-0.3, -0.25) is 4.79 Å². The topological polar surface area (TPSA) is 50.4 Å². The molecule has 2 fully saturated rings. The highest BCUT2D eigenvalue weighted by atomic mass is 32.2. The first-order chi connectivity index (χ1) is 6.86. The second kappa shape index (κ2) is 5.00. The summed E-state index contributed by atoms with van der Waals surface area (Å²) in [6.45, 7) is 2.13. The summed E-state index contributed by atoms with van der Waals surface area (Å²) in [5.74, 6) is 2.25. The van der Waals surface area contributed by atoms with Crippen molar-refractivity contribution in [2.75, 3.05) is 31.2 Å². The summed E-state index contributed by atoms with van der Waals surface area (Å²) in [6, 6.07) is 0.359. The number of hydrogen-bond acceptors (Lipinski definition) is 4. The molecule has 2 unspecified atom stereocenters. The third-order valence-corrected chi connectivity index (χ3v) is 3.66. The van der Waals surface area contributed by atoms with E-state index in [2.05, 4.69) is 10.6 Å². The van der Waals surface area contributed by atoms with Gasteiger partial charge in [0.1, 0.15) is 6.10 Å². The molecule has 2 atom stereocenters. The minimum atomic E-state index is -0.283. The summed E-state index contributed by atoms with van der Waals surface area (Å²) in [5.41, 5.74) is 0. The Bertz CT molecular complexity index is 201. The van der Waals surface area contributed by atoms with Gasteiger partial charge in [-0.1, -0.05) is 0 Å². The largest absolute Gasteiger partial charge is 0.366 e. The van der Waals surface area contributed by atoms with E-state index in [4.69, 9.17) is 4.74 Å². The zero-order valence-corrected chi connectivity index (χ0v) is 8.94. The Labute approximate surface area is 88.1 Å². The molecule has 2 rings (SSSR count). The van der Waals surface area contributed by atoms with Gasteiger partial charge in [-0.2, -0.15) is 11.8 Å². The summed E-state index contributed by atoms with van der Waals surface area (Å²) in [6.07, 6.45) is 0.811. The maximum absolute atomic E-state index is 11.7. The Hall–Kier alpha value is -0.260. The number of amides is 1. The van der Waals surface area contributed by atoms with Crippen LogP contribution < -0.4 is 10.6 Å². The van der Waals surface area contributed by atoms with Gasteiger partial charge in [0.05, 0.1) is 6.61 Å². The van der Waals surface area contributed by atoms with E-state index in [0.29, 0.717) is 19.2 Å². The van der Waals surface area contributed by atoms with Crippen LogP contribution in [0.4, 0.5) is 0 Å². The van der Waals surface area contributed by atoms with Crippen LogP contribution in [0.3, 0.4) is 0 Å². The molecule has 14 heavy (non-hydrogen) atoms. The summed E-state index contributed by atoms with van der Waals surface area (Å²) in [5, 5.41) is 6.17. The van der Waals surface area contributed by atoms with E-state index >= 15 is 0 Å². The van der Waals surface area contributed by atoms with Crippen LogP contribution in [0.15, 0.2) is 0 Å². The minimum absolute atomic E-state index is 0.0460. The summed E-state index contributed by atoms with van der Waals surface area (Å²) < 4.78 is 5.37. The van der Waals surface area contributed by atoms with Crippen LogP contribution in [0.25, 0.3) is 0 Å². The molecule has 2 N–H and O–H groups in total. The summed E-state index contributed by atoms with van der Waals surface area (Å²) >= 11 is 1.90. The van der Waals surface area contributed by atoms with Crippen molar-refractivity contribution in [2.45, 2.75) is 18.6 Å². The Morgan fingerprint density at radius 2 is 2.50 bits per heavy atom. The van der Waals surface area contributed by atoms with Crippen LogP contribution in [-0.4, -0.2) is 49.3 Å². The molecule has 0 aromatic heterocycles. The van der Waals surface area contributed by atoms with E-state index in [9.17, 15) is 4.79 Å². The van der Waals surface area contributed by atoms with Crippen molar-refractivity contribution in [3.63, 3.8) is 0 Å². The fraction of sp³-hybridized carbons (Fsp3) is 0.889. The monoisotopic (exact) mass is 216 g/mol. The molecule has 2 heterocycles. The first kappa shape index (κ1) is 10.3. The van der Waals surface area contributed by atoms with Gasteiger partial charge >= 0.3 is 0 Å². The second-order valence-electron chi connectivity index (χ2n) is 3.63. The van der Waals surface area contributed by atoms with Gasteiger partial charge in [-0.25, -0.2) is 0 Å². The molecule has 0 radical (unpaired) electrons. The first-order valence-electron chi connectivity index (χ1n) is 5.07. The van der Waals surface area contributed by atoms with Crippen LogP contribution in [0.5, 0.6) is 0 Å². The van der Waals surface area contributed by atoms with Gasteiger partial charge in [0.2, 0.25) is 0 Å². The number of nitrogens with one attached hydrogen (secondary N) is 2. The Kier molecular flexibility index (Phi) is 3.67. The van der Waals surface area contributed by atoms with Gasteiger partial charge in [-0.05, 0) is 12.2 Å². The molecule has 2 saturated heterocycles. The SMILES string of the molecule is O=C(NC1CCSC1)C1CNCCO1. The Morgan fingerprint density at radius 3 is 3.14 bits per heavy atom. The highest BCUT2D eigenvalue weighted by molar-refractivity contribution is 7.99. The maximum atomic E-state index is 11.7. The van der Waals surface area contributed by atoms with Gasteiger partial charge in [0.15, 0.2) is 0 Å². The van der Waals surface area contributed by atoms with E-state index in [0.717, 1.165) is 24.5 Å². The predicted octanol–water partition coefficient (Wildman–Crippen LogP) is -0.404. The van der Waals surface area contributed by atoms with Crippen LogP contribution in [0.1, 0.15) is 6.42 Å². The molecule has 80 valence electrons. The second-order valence-corrected chi connectivity index (χ2v) is 4.78. The minimum Gasteiger partial charge on any atom is -0.366 e. The fourth-order valence-electron chi connectivity index (χ4n) is 1.68. The fourth-order valence-corrected chi connectivity index (χ4v) is 2.83. The molecular weight excluding hydrogens is 200 g/mol. The van der Waals surface area contributed by atoms with E-state index < -0.39 is 0 Å². The number of carbonyl (C=O) groups is 1. The average Bonchev–Trinajstić information content (AvgIpc) is 2.72. The van der Waals surface area contributed by atoms with Crippen molar-refractivity contribution in [3.8, 4) is 0 Å².